The molecule has 0 bridgehead atoms. The lowest BCUT2D eigenvalue weighted by Crippen LogP contribution is -2.21. The molecule has 1 rings (SSSR count). The van der Waals surface area contributed by atoms with Crippen LogP contribution in [0.1, 0.15) is 5.56 Å². The van der Waals surface area contributed by atoms with E-state index in [0.29, 0.717) is 0 Å². The second-order valence-electron chi connectivity index (χ2n) is 3.39. The summed E-state index contributed by atoms with van der Waals surface area (Å²) in [6.07, 6.45) is -10.2. The van der Waals surface area contributed by atoms with Crippen LogP contribution in [-0.4, -0.2) is 40.3 Å². The monoisotopic (exact) mass is 348 g/mol. The Labute approximate surface area is 124 Å². The molecule has 0 atom stereocenters. The fourth-order valence-electron chi connectivity index (χ4n) is 0.618. The number of benzene rings is 1. The summed E-state index contributed by atoms with van der Waals surface area (Å²) in [5.41, 5.74) is 5.97. The van der Waals surface area contributed by atoms with Gasteiger partial charge in [-0.25, -0.2) is 9.59 Å². The summed E-state index contributed by atoms with van der Waals surface area (Å²) in [7, 11) is 0. The summed E-state index contributed by atoms with van der Waals surface area (Å²) >= 11 is 0. The number of carboxylic acids is 2. The zero-order valence-corrected chi connectivity index (χ0v) is 10.9. The van der Waals surface area contributed by atoms with Crippen molar-refractivity contribution in [3.63, 3.8) is 0 Å². The number of carbonyl (C=O) groups is 2. The molecule has 5 N–H and O–H groups in total. The van der Waals surface area contributed by atoms with Crippen molar-refractivity contribution in [2.24, 2.45) is 5.73 Å². The molecule has 0 aliphatic rings. The van der Waals surface area contributed by atoms with Crippen molar-refractivity contribution in [1.29, 1.82) is 5.41 Å². The molecule has 0 aromatic heterocycles. The van der Waals surface area contributed by atoms with Crippen LogP contribution in [-0.2, 0) is 9.59 Å². The molecule has 6 nitrogen and oxygen atoms in total. The van der Waals surface area contributed by atoms with Crippen LogP contribution in [0.15, 0.2) is 30.3 Å². The van der Waals surface area contributed by atoms with E-state index in [1.54, 1.807) is 0 Å². The number of rotatable bonds is 1. The van der Waals surface area contributed by atoms with E-state index in [0.717, 1.165) is 5.56 Å². The van der Waals surface area contributed by atoms with Crippen molar-refractivity contribution in [3.8, 4) is 0 Å². The maximum Gasteiger partial charge on any atom is 0.490 e. The first-order chi connectivity index (χ1) is 10.2. The summed E-state index contributed by atoms with van der Waals surface area (Å²) in [4.78, 5) is 17.8. The van der Waals surface area contributed by atoms with Crippen molar-refractivity contribution < 1.29 is 46.1 Å². The van der Waals surface area contributed by atoms with Crippen molar-refractivity contribution in [3.05, 3.63) is 35.9 Å². The number of nitrogens with one attached hydrogen (secondary N) is 1. The quantitative estimate of drug-likeness (QED) is 0.352. The summed E-state index contributed by atoms with van der Waals surface area (Å²) in [6.45, 7) is 0. The minimum atomic E-state index is -5.08. The number of nitrogens with two attached hydrogens (primary N) is 1. The smallest absolute Gasteiger partial charge is 0.475 e. The minimum Gasteiger partial charge on any atom is -0.475 e. The largest absolute Gasteiger partial charge is 0.490 e. The van der Waals surface area contributed by atoms with Gasteiger partial charge in [-0.15, -0.1) is 0 Å². The molecule has 0 aliphatic heterocycles. The van der Waals surface area contributed by atoms with Crippen LogP contribution in [0.5, 0.6) is 0 Å². The Morgan fingerprint density at radius 2 is 1.13 bits per heavy atom. The van der Waals surface area contributed by atoms with Gasteiger partial charge in [0.1, 0.15) is 5.84 Å². The number of halogens is 6. The van der Waals surface area contributed by atoms with Crippen LogP contribution >= 0.6 is 0 Å². The number of nitrogen functional groups attached to an aromatic ring is 1. The Bertz CT molecular complexity index is 504. The fraction of sp³-hybridized carbons (Fsp3) is 0.182. The van der Waals surface area contributed by atoms with Gasteiger partial charge in [-0.3, -0.25) is 5.41 Å². The van der Waals surface area contributed by atoms with Gasteiger partial charge in [-0.1, -0.05) is 30.3 Å². The lowest BCUT2D eigenvalue weighted by atomic mass is 10.2. The SMILES string of the molecule is N=C(N)c1ccccc1.O=C(O)C(F)(F)F.O=C(O)C(F)(F)F. The summed E-state index contributed by atoms with van der Waals surface area (Å²) in [5, 5.41) is 21.3. The molecule has 0 fully saturated rings. The fourth-order valence-corrected chi connectivity index (χ4v) is 0.618. The Balaban J connectivity index is 0. The molecule has 0 unspecified atom stereocenters. The highest BCUT2D eigenvalue weighted by Crippen LogP contribution is 2.13. The number of hydrogen-bond acceptors (Lipinski definition) is 3. The molecule has 12 heteroatoms. The van der Waals surface area contributed by atoms with E-state index in [4.69, 9.17) is 30.9 Å². The molecule has 130 valence electrons. The molecular formula is C11H10F6N2O4. The van der Waals surface area contributed by atoms with Crippen molar-refractivity contribution >= 4 is 17.8 Å². The van der Waals surface area contributed by atoms with Gasteiger partial charge in [0.15, 0.2) is 0 Å². The van der Waals surface area contributed by atoms with Crippen LogP contribution in [0.4, 0.5) is 26.3 Å². The predicted molar refractivity (Wildman–Crippen MR) is 64.8 cm³/mol. The minimum absolute atomic E-state index is 0.121. The van der Waals surface area contributed by atoms with Crippen molar-refractivity contribution in [2.45, 2.75) is 12.4 Å². The molecular weight excluding hydrogens is 338 g/mol. The first kappa shape index (κ1) is 22.5. The number of alkyl halides is 6. The number of amidine groups is 1. The van der Waals surface area contributed by atoms with Gasteiger partial charge in [0.25, 0.3) is 0 Å². The number of carboxylic acid groups (broad SMARTS) is 2. The number of aliphatic carboxylic acids is 2. The molecule has 0 saturated carbocycles. The van der Waals surface area contributed by atoms with Gasteiger partial charge in [-0.05, 0) is 0 Å². The maximum absolute atomic E-state index is 10.6. The van der Waals surface area contributed by atoms with Crippen LogP contribution in [0.2, 0.25) is 0 Å². The van der Waals surface area contributed by atoms with E-state index in [1.807, 2.05) is 30.3 Å². The Morgan fingerprint density at radius 1 is 0.870 bits per heavy atom. The van der Waals surface area contributed by atoms with Gasteiger partial charge in [0, 0.05) is 5.56 Å². The zero-order chi connectivity index (χ0) is 18.8. The van der Waals surface area contributed by atoms with Gasteiger partial charge in [-0.2, -0.15) is 26.3 Å². The van der Waals surface area contributed by atoms with Crippen LogP contribution < -0.4 is 5.73 Å². The van der Waals surface area contributed by atoms with E-state index in [2.05, 4.69) is 0 Å². The van der Waals surface area contributed by atoms with Crippen LogP contribution in [0.3, 0.4) is 0 Å². The summed E-state index contributed by atoms with van der Waals surface area (Å²) in [5.74, 6) is -5.39. The third-order valence-corrected chi connectivity index (χ3v) is 1.57. The zero-order valence-electron chi connectivity index (χ0n) is 10.9. The van der Waals surface area contributed by atoms with E-state index in [-0.39, 0.29) is 5.84 Å². The molecule has 0 amide bonds. The maximum atomic E-state index is 10.6. The summed E-state index contributed by atoms with van der Waals surface area (Å²) in [6, 6.07) is 9.23. The van der Waals surface area contributed by atoms with Gasteiger partial charge >= 0.3 is 24.3 Å². The second-order valence-corrected chi connectivity index (χ2v) is 3.39. The summed E-state index contributed by atoms with van der Waals surface area (Å²) < 4.78 is 63.5. The first-order valence-electron chi connectivity index (χ1n) is 5.19. The van der Waals surface area contributed by atoms with Crippen molar-refractivity contribution in [1.82, 2.24) is 0 Å². The third kappa shape index (κ3) is 12.6. The normalized spacial score (nSPS) is 10.3. The highest BCUT2D eigenvalue weighted by Gasteiger charge is 2.38. The number of hydrogen-bond donors (Lipinski definition) is 4. The molecule has 0 radical (unpaired) electrons. The van der Waals surface area contributed by atoms with Crippen LogP contribution in [0, 0.1) is 5.41 Å². The topological polar surface area (TPSA) is 124 Å². The predicted octanol–water partition coefficient (Wildman–Crippen LogP) is 2.24. The highest BCUT2D eigenvalue weighted by atomic mass is 19.4. The van der Waals surface area contributed by atoms with Gasteiger partial charge < -0.3 is 15.9 Å². The average molecular weight is 348 g/mol. The molecule has 0 spiro atoms. The Kier molecular flexibility index (Phi) is 9.07. The third-order valence-electron chi connectivity index (χ3n) is 1.57. The molecule has 23 heavy (non-hydrogen) atoms. The van der Waals surface area contributed by atoms with Crippen molar-refractivity contribution in [2.75, 3.05) is 0 Å². The average Bonchev–Trinajstić information content (AvgIpc) is 2.38. The van der Waals surface area contributed by atoms with Gasteiger partial charge in [0.05, 0.1) is 0 Å². The van der Waals surface area contributed by atoms with E-state index < -0.39 is 24.3 Å². The lowest BCUT2D eigenvalue weighted by Gasteiger charge is -1.93. The highest BCUT2D eigenvalue weighted by molar-refractivity contribution is 5.94. The Hall–Kier alpha value is -2.79. The Morgan fingerprint density at radius 3 is 1.26 bits per heavy atom. The molecule has 0 heterocycles. The molecule has 1 aromatic rings. The molecule has 1 aromatic carbocycles. The lowest BCUT2D eigenvalue weighted by molar-refractivity contribution is -0.193. The standard InChI is InChI=1S/C7H8N2.2C2HF3O2/c8-7(9)6-4-2-1-3-5-6;2*3-2(4,5)1(6)7/h1-5H,(H3,8,9);2*(H,6,7). The van der Waals surface area contributed by atoms with Crippen LogP contribution in [0.25, 0.3) is 0 Å². The van der Waals surface area contributed by atoms with E-state index in [9.17, 15) is 26.3 Å². The van der Waals surface area contributed by atoms with E-state index >= 15 is 0 Å². The first-order valence-corrected chi connectivity index (χ1v) is 5.19. The molecule has 0 aliphatic carbocycles. The second kappa shape index (κ2) is 9.27. The molecule has 0 saturated heterocycles. The van der Waals surface area contributed by atoms with E-state index in [1.165, 1.54) is 0 Å². The van der Waals surface area contributed by atoms with Gasteiger partial charge in [0.2, 0.25) is 0 Å².